The molecule has 1 aromatic heterocycles. The van der Waals surface area contributed by atoms with Crippen LogP contribution < -0.4 is 10.6 Å². The second kappa shape index (κ2) is 6.83. The molecule has 0 radical (unpaired) electrons. The van der Waals surface area contributed by atoms with Crippen molar-refractivity contribution in [2.45, 2.75) is 27.2 Å². The molecule has 0 bridgehead atoms. The molecule has 0 spiro atoms. The molecule has 0 fully saturated rings. The van der Waals surface area contributed by atoms with Crippen LogP contribution in [0.1, 0.15) is 37.6 Å². The first-order chi connectivity index (χ1) is 9.71. The van der Waals surface area contributed by atoms with E-state index in [2.05, 4.69) is 15.6 Å². The number of carbonyl (C=O) groups excluding carboxylic acids is 2. The van der Waals surface area contributed by atoms with E-state index in [0.29, 0.717) is 0 Å². The van der Waals surface area contributed by atoms with Crippen molar-refractivity contribution in [1.82, 2.24) is 10.3 Å². The lowest BCUT2D eigenvalue weighted by Crippen LogP contribution is -2.36. The molecule has 114 valence electrons. The van der Waals surface area contributed by atoms with E-state index in [-0.39, 0.29) is 30.3 Å². The highest BCUT2D eigenvalue weighted by Crippen LogP contribution is 2.13. The minimum atomic E-state index is -1.17. The fourth-order valence-electron chi connectivity index (χ4n) is 1.43. The van der Waals surface area contributed by atoms with Gasteiger partial charge in [0.2, 0.25) is 11.8 Å². The van der Waals surface area contributed by atoms with Gasteiger partial charge in [-0.05, 0) is 12.1 Å². The number of carbonyl (C=O) groups is 3. The third-order valence-electron chi connectivity index (χ3n) is 2.61. The van der Waals surface area contributed by atoms with Crippen LogP contribution in [-0.4, -0.2) is 34.4 Å². The lowest BCUT2D eigenvalue weighted by Gasteiger charge is -2.17. The van der Waals surface area contributed by atoms with Crippen LogP contribution in [0.3, 0.4) is 0 Å². The average molecular weight is 293 g/mol. The number of pyridine rings is 1. The van der Waals surface area contributed by atoms with E-state index in [1.165, 1.54) is 18.3 Å². The van der Waals surface area contributed by atoms with Gasteiger partial charge in [-0.15, -0.1) is 0 Å². The van der Waals surface area contributed by atoms with E-state index < -0.39 is 17.3 Å². The van der Waals surface area contributed by atoms with Crippen molar-refractivity contribution in [3.05, 3.63) is 23.9 Å². The summed E-state index contributed by atoms with van der Waals surface area (Å²) in [5.41, 5.74) is -0.599. The average Bonchev–Trinajstić information content (AvgIpc) is 2.37. The highest BCUT2D eigenvalue weighted by atomic mass is 16.4. The molecule has 0 aliphatic heterocycles. The van der Waals surface area contributed by atoms with Crippen molar-refractivity contribution in [2.24, 2.45) is 5.41 Å². The van der Waals surface area contributed by atoms with E-state index in [4.69, 9.17) is 5.11 Å². The summed E-state index contributed by atoms with van der Waals surface area (Å²) in [6.07, 6.45) is 1.43. The van der Waals surface area contributed by atoms with Gasteiger partial charge in [-0.25, -0.2) is 9.78 Å². The zero-order valence-electron chi connectivity index (χ0n) is 12.3. The van der Waals surface area contributed by atoms with E-state index in [1.807, 2.05) is 0 Å². The van der Waals surface area contributed by atoms with Gasteiger partial charge >= 0.3 is 5.97 Å². The summed E-state index contributed by atoms with van der Waals surface area (Å²) < 4.78 is 0. The van der Waals surface area contributed by atoms with E-state index >= 15 is 0 Å². The molecule has 0 saturated carbocycles. The third kappa shape index (κ3) is 5.21. The molecular weight excluding hydrogens is 274 g/mol. The van der Waals surface area contributed by atoms with Crippen LogP contribution in [0.5, 0.6) is 0 Å². The van der Waals surface area contributed by atoms with Gasteiger partial charge < -0.3 is 15.7 Å². The minimum Gasteiger partial charge on any atom is -0.478 e. The standard InChI is InChI=1S/C14H19N3O4/c1-14(2,3)13(21)16-8-6-10(18)17-11-9(12(19)20)5-4-7-15-11/h4-5,7H,6,8H2,1-3H3,(H,16,21)(H,19,20)(H,15,17,18). The lowest BCUT2D eigenvalue weighted by molar-refractivity contribution is -0.128. The smallest absolute Gasteiger partial charge is 0.339 e. The molecule has 0 aromatic carbocycles. The monoisotopic (exact) mass is 293 g/mol. The van der Waals surface area contributed by atoms with Crippen molar-refractivity contribution in [2.75, 3.05) is 11.9 Å². The first-order valence-corrected chi connectivity index (χ1v) is 6.48. The number of hydrogen-bond donors (Lipinski definition) is 3. The summed E-state index contributed by atoms with van der Waals surface area (Å²) in [5, 5.41) is 14.0. The predicted octanol–water partition coefficient (Wildman–Crippen LogP) is 1.27. The first-order valence-electron chi connectivity index (χ1n) is 6.48. The van der Waals surface area contributed by atoms with Crippen molar-refractivity contribution < 1.29 is 19.5 Å². The zero-order chi connectivity index (χ0) is 16.0. The number of aromatic nitrogens is 1. The molecular formula is C14H19N3O4. The molecule has 0 aliphatic rings. The Balaban J connectivity index is 2.52. The van der Waals surface area contributed by atoms with Crippen molar-refractivity contribution in [1.29, 1.82) is 0 Å². The van der Waals surface area contributed by atoms with Gasteiger partial charge in [-0.1, -0.05) is 20.8 Å². The number of nitrogens with one attached hydrogen (secondary N) is 2. The fraction of sp³-hybridized carbons (Fsp3) is 0.429. The van der Waals surface area contributed by atoms with Crippen molar-refractivity contribution >= 4 is 23.6 Å². The number of nitrogens with zero attached hydrogens (tertiary/aromatic N) is 1. The Labute approximate surface area is 122 Å². The van der Waals surface area contributed by atoms with Gasteiger partial charge in [-0.2, -0.15) is 0 Å². The van der Waals surface area contributed by atoms with Crippen LogP contribution in [0.2, 0.25) is 0 Å². The number of anilines is 1. The number of hydrogen-bond acceptors (Lipinski definition) is 4. The maximum Gasteiger partial charge on any atom is 0.339 e. The minimum absolute atomic E-state index is 0.00264. The Morgan fingerprint density at radius 1 is 1.29 bits per heavy atom. The molecule has 0 aliphatic carbocycles. The summed E-state index contributed by atoms with van der Waals surface area (Å²) in [7, 11) is 0. The molecule has 1 rings (SSSR count). The molecule has 21 heavy (non-hydrogen) atoms. The number of aromatic carboxylic acids is 1. The molecule has 0 atom stereocenters. The number of amides is 2. The Kier molecular flexibility index (Phi) is 5.40. The van der Waals surface area contributed by atoms with E-state index in [0.717, 1.165) is 0 Å². The summed E-state index contributed by atoms with van der Waals surface area (Å²) in [6.45, 7) is 5.50. The van der Waals surface area contributed by atoms with Gasteiger partial charge in [0.25, 0.3) is 0 Å². The lowest BCUT2D eigenvalue weighted by atomic mass is 9.96. The Morgan fingerprint density at radius 2 is 1.95 bits per heavy atom. The zero-order valence-corrected chi connectivity index (χ0v) is 12.3. The third-order valence-corrected chi connectivity index (χ3v) is 2.61. The Bertz CT molecular complexity index is 549. The van der Waals surface area contributed by atoms with Gasteiger partial charge in [-0.3, -0.25) is 9.59 Å². The second-order valence-corrected chi connectivity index (χ2v) is 5.51. The molecule has 1 aromatic rings. The Hall–Kier alpha value is -2.44. The largest absolute Gasteiger partial charge is 0.478 e. The molecule has 0 unspecified atom stereocenters. The van der Waals surface area contributed by atoms with Gasteiger partial charge in [0.15, 0.2) is 0 Å². The van der Waals surface area contributed by atoms with Gasteiger partial charge in [0.05, 0.1) is 0 Å². The first kappa shape index (κ1) is 16.6. The van der Waals surface area contributed by atoms with Crippen LogP contribution >= 0.6 is 0 Å². The SMILES string of the molecule is CC(C)(C)C(=O)NCCC(=O)Nc1ncccc1C(=O)O. The quantitative estimate of drug-likeness (QED) is 0.757. The molecule has 7 nitrogen and oxygen atoms in total. The molecule has 0 saturated heterocycles. The van der Waals surface area contributed by atoms with Crippen LogP contribution in [-0.2, 0) is 9.59 Å². The summed E-state index contributed by atoms with van der Waals surface area (Å²) in [5.74, 6) is -1.73. The van der Waals surface area contributed by atoms with Crippen molar-refractivity contribution in [3.8, 4) is 0 Å². The molecule has 3 N–H and O–H groups in total. The number of carboxylic acids is 1. The van der Waals surface area contributed by atoms with Crippen molar-refractivity contribution in [3.63, 3.8) is 0 Å². The van der Waals surface area contributed by atoms with Crippen LogP contribution in [0.15, 0.2) is 18.3 Å². The summed E-state index contributed by atoms with van der Waals surface area (Å²) in [6, 6.07) is 2.83. The van der Waals surface area contributed by atoms with Gasteiger partial charge in [0, 0.05) is 24.6 Å². The van der Waals surface area contributed by atoms with Gasteiger partial charge in [0.1, 0.15) is 11.4 Å². The van der Waals surface area contributed by atoms with Crippen LogP contribution in [0, 0.1) is 5.41 Å². The number of carboxylic acid groups (broad SMARTS) is 1. The predicted molar refractivity (Wildman–Crippen MR) is 76.9 cm³/mol. The highest BCUT2D eigenvalue weighted by Gasteiger charge is 2.20. The van der Waals surface area contributed by atoms with E-state index in [1.54, 1.807) is 20.8 Å². The maximum absolute atomic E-state index is 11.7. The molecule has 1 heterocycles. The topological polar surface area (TPSA) is 108 Å². The normalized spacial score (nSPS) is 10.8. The highest BCUT2D eigenvalue weighted by molar-refractivity contribution is 5.99. The fourth-order valence-corrected chi connectivity index (χ4v) is 1.43. The summed E-state index contributed by atoms with van der Waals surface area (Å²) >= 11 is 0. The van der Waals surface area contributed by atoms with Crippen LogP contribution in [0.4, 0.5) is 5.82 Å². The molecule has 2 amide bonds. The Morgan fingerprint density at radius 3 is 2.52 bits per heavy atom. The molecule has 7 heteroatoms. The van der Waals surface area contributed by atoms with Crippen LogP contribution in [0.25, 0.3) is 0 Å². The van der Waals surface area contributed by atoms with E-state index in [9.17, 15) is 14.4 Å². The summed E-state index contributed by atoms with van der Waals surface area (Å²) in [4.78, 5) is 38.1. The maximum atomic E-state index is 11.7. The second-order valence-electron chi connectivity index (χ2n) is 5.51. The number of rotatable bonds is 5.